The van der Waals surface area contributed by atoms with Crippen molar-refractivity contribution < 1.29 is 0 Å². The Bertz CT molecular complexity index is 657. The molecule has 2 aromatic heterocycles. The smallest absolute Gasteiger partial charge is 0.123 e. The number of fused-ring (bicyclic) bond motifs is 1. The van der Waals surface area contributed by atoms with Crippen molar-refractivity contribution in [1.29, 1.82) is 0 Å². The summed E-state index contributed by atoms with van der Waals surface area (Å²) in [5, 5.41) is 5.47. The van der Waals surface area contributed by atoms with Crippen LogP contribution in [0.5, 0.6) is 0 Å². The largest absolute Gasteiger partial charge is 0.327 e. The molecule has 1 aromatic carbocycles. The van der Waals surface area contributed by atoms with E-state index in [-0.39, 0.29) is 0 Å². The van der Waals surface area contributed by atoms with Gasteiger partial charge in [-0.3, -0.25) is 0 Å². The Balaban J connectivity index is 1.76. The van der Waals surface area contributed by atoms with Gasteiger partial charge in [0.25, 0.3) is 0 Å². The average molecular weight is 272 g/mol. The first-order chi connectivity index (χ1) is 9.38. The van der Waals surface area contributed by atoms with Gasteiger partial charge in [-0.1, -0.05) is 12.1 Å². The van der Waals surface area contributed by atoms with Crippen LogP contribution in [0.2, 0.25) is 0 Å². The second-order valence-corrected chi connectivity index (χ2v) is 5.06. The van der Waals surface area contributed by atoms with E-state index in [2.05, 4.69) is 50.4 Å². The minimum absolute atomic E-state index is 0.764. The fraction of sp³-hybridized carbons (Fsp3) is 0.286. The van der Waals surface area contributed by atoms with Gasteiger partial charge in [0.15, 0.2) is 0 Å². The molecule has 0 saturated carbocycles. The van der Waals surface area contributed by atoms with Crippen LogP contribution in [0.4, 0.5) is 0 Å². The van der Waals surface area contributed by atoms with Crippen molar-refractivity contribution in [2.24, 2.45) is 0 Å². The second kappa shape index (κ2) is 5.50. The van der Waals surface area contributed by atoms with Crippen LogP contribution in [0.3, 0.4) is 0 Å². The lowest BCUT2D eigenvalue weighted by molar-refractivity contribution is 0.616. The van der Waals surface area contributed by atoms with Gasteiger partial charge in [-0.15, -0.1) is 11.3 Å². The Labute approximate surface area is 116 Å². The summed E-state index contributed by atoms with van der Waals surface area (Å²) in [7, 11) is 0. The first kappa shape index (κ1) is 12.3. The van der Waals surface area contributed by atoms with Crippen molar-refractivity contribution in [1.82, 2.24) is 19.9 Å². The molecule has 98 valence electrons. The fourth-order valence-corrected chi connectivity index (χ4v) is 2.80. The number of thiazole rings is 1. The van der Waals surface area contributed by atoms with Crippen molar-refractivity contribution in [3.05, 3.63) is 46.7 Å². The molecular weight excluding hydrogens is 256 g/mol. The van der Waals surface area contributed by atoms with Gasteiger partial charge in [-0.2, -0.15) is 0 Å². The summed E-state index contributed by atoms with van der Waals surface area (Å²) in [5.74, 6) is 1.08. The van der Waals surface area contributed by atoms with Crippen LogP contribution < -0.4 is 5.32 Å². The van der Waals surface area contributed by atoms with Crippen LogP contribution in [0.25, 0.3) is 11.0 Å². The number of nitrogens with zero attached hydrogens (tertiary/aromatic N) is 3. The lowest BCUT2D eigenvalue weighted by atomic mass is 10.3. The van der Waals surface area contributed by atoms with Gasteiger partial charge in [0, 0.05) is 18.5 Å². The predicted molar refractivity (Wildman–Crippen MR) is 78.1 cm³/mol. The van der Waals surface area contributed by atoms with Crippen LogP contribution in [-0.2, 0) is 19.6 Å². The summed E-state index contributed by atoms with van der Waals surface area (Å²) in [6.45, 7) is 4.64. The topological polar surface area (TPSA) is 42.7 Å². The van der Waals surface area contributed by atoms with Crippen molar-refractivity contribution in [3.8, 4) is 0 Å². The Morgan fingerprint density at radius 1 is 1.26 bits per heavy atom. The summed E-state index contributed by atoms with van der Waals surface area (Å²) in [4.78, 5) is 8.95. The summed E-state index contributed by atoms with van der Waals surface area (Å²) >= 11 is 1.63. The van der Waals surface area contributed by atoms with Crippen LogP contribution in [0, 0.1) is 0 Å². The number of benzene rings is 1. The van der Waals surface area contributed by atoms with E-state index < -0.39 is 0 Å². The van der Waals surface area contributed by atoms with Gasteiger partial charge < -0.3 is 9.88 Å². The van der Waals surface area contributed by atoms with Gasteiger partial charge in [-0.05, 0) is 19.1 Å². The highest BCUT2D eigenvalue weighted by atomic mass is 32.1. The molecule has 0 spiro atoms. The van der Waals surface area contributed by atoms with E-state index in [0.717, 1.165) is 36.7 Å². The minimum atomic E-state index is 0.764. The first-order valence-electron chi connectivity index (χ1n) is 6.40. The maximum atomic E-state index is 4.69. The van der Waals surface area contributed by atoms with Gasteiger partial charge in [0.2, 0.25) is 0 Å². The quantitative estimate of drug-likeness (QED) is 0.776. The highest BCUT2D eigenvalue weighted by Gasteiger charge is 2.08. The lowest BCUT2D eigenvalue weighted by Crippen LogP contribution is -2.16. The molecule has 0 aliphatic rings. The normalized spacial score (nSPS) is 11.2. The molecule has 3 rings (SSSR count). The molecule has 19 heavy (non-hydrogen) atoms. The van der Waals surface area contributed by atoms with E-state index in [1.54, 1.807) is 11.3 Å². The molecule has 0 amide bonds. The maximum absolute atomic E-state index is 4.69. The van der Waals surface area contributed by atoms with Crippen LogP contribution in [0.1, 0.15) is 18.4 Å². The van der Waals surface area contributed by atoms with Crippen molar-refractivity contribution >= 4 is 22.4 Å². The Morgan fingerprint density at radius 3 is 2.95 bits per heavy atom. The van der Waals surface area contributed by atoms with Gasteiger partial charge in [-0.25, -0.2) is 9.97 Å². The molecule has 0 atom stereocenters. The summed E-state index contributed by atoms with van der Waals surface area (Å²) in [6.07, 6.45) is 0. The summed E-state index contributed by atoms with van der Waals surface area (Å²) in [6, 6.07) is 8.27. The van der Waals surface area contributed by atoms with Crippen molar-refractivity contribution in [2.75, 3.05) is 0 Å². The molecule has 2 heterocycles. The Hall–Kier alpha value is -1.72. The zero-order valence-electron chi connectivity index (χ0n) is 10.8. The third-order valence-corrected chi connectivity index (χ3v) is 3.76. The van der Waals surface area contributed by atoms with Crippen molar-refractivity contribution in [3.63, 3.8) is 0 Å². The van der Waals surface area contributed by atoms with E-state index in [1.807, 2.05) is 11.6 Å². The lowest BCUT2D eigenvalue weighted by Gasteiger charge is -2.06. The van der Waals surface area contributed by atoms with Gasteiger partial charge in [0.05, 0.1) is 28.8 Å². The highest BCUT2D eigenvalue weighted by Crippen LogP contribution is 2.15. The standard InChI is InChI=1S/C14H16N4S/c1-2-18-13-6-4-3-5-12(13)17-14(18)8-15-7-11-9-19-10-16-11/h3-6,9-10,15H,2,7-8H2,1H3. The number of hydrogen-bond donors (Lipinski definition) is 1. The summed E-state index contributed by atoms with van der Waals surface area (Å²) in [5.41, 5.74) is 5.22. The monoisotopic (exact) mass is 272 g/mol. The zero-order valence-corrected chi connectivity index (χ0v) is 11.7. The molecule has 0 fully saturated rings. The SMILES string of the molecule is CCn1c(CNCc2cscn2)nc2ccccc21. The second-order valence-electron chi connectivity index (χ2n) is 4.34. The van der Waals surface area contributed by atoms with E-state index >= 15 is 0 Å². The molecule has 5 heteroatoms. The zero-order chi connectivity index (χ0) is 13.1. The van der Waals surface area contributed by atoms with Gasteiger partial charge >= 0.3 is 0 Å². The predicted octanol–water partition coefficient (Wildman–Crippen LogP) is 2.80. The molecular formula is C14H16N4S. The minimum Gasteiger partial charge on any atom is -0.327 e. The van der Waals surface area contributed by atoms with Crippen LogP contribution in [-0.4, -0.2) is 14.5 Å². The number of nitrogens with one attached hydrogen (secondary N) is 1. The molecule has 0 bridgehead atoms. The maximum Gasteiger partial charge on any atom is 0.123 e. The molecule has 0 unspecified atom stereocenters. The van der Waals surface area contributed by atoms with Crippen molar-refractivity contribution in [2.45, 2.75) is 26.6 Å². The van der Waals surface area contributed by atoms with E-state index in [9.17, 15) is 0 Å². The molecule has 0 saturated heterocycles. The van der Waals surface area contributed by atoms with Crippen LogP contribution in [0.15, 0.2) is 35.2 Å². The van der Waals surface area contributed by atoms with E-state index in [1.165, 1.54) is 5.52 Å². The molecule has 0 radical (unpaired) electrons. The number of aromatic nitrogens is 3. The van der Waals surface area contributed by atoms with Gasteiger partial charge in [0.1, 0.15) is 5.82 Å². The Kier molecular flexibility index (Phi) is 3.57. The number of imidazole rings is 1. The van der Waals surface area contributed by atoms with E-state index in [4.69, 9.17) is 0 Å². The molecule has 4 nitrogen and oxygen atoms in total. The number of aryl methyl sites for hydroxylation is 1. The fourth-order valence-electron chi connectivity index (χ4n) is 2.24. The average Bonchev–Trinajstić information content (AvgIpc) is 3.05. The first-order valence-corrected chi connectivity index (χ1v) is 7.34. The number of hydrogen-bond acceptors (Lipinski definition) is 4. The van der Waals surface area contributed by atoms with E-state index in [0.29, 0.717) is 0 Å². The summed E-state index contributed by atoms with van der Waals surface area (Å²) < 4.78 is 2.25. The van der Waals surface area contributed by atoms with Crippen LogP contribution >= 0.6 is 11.3 Å². The third-order valence-electron chi connectivity index (χ3n) is 3.12. The molecule has 0 aliphatic carbocycles. The molecule has 0 aliphatic heterocycles. The Morgan fingerprint density at radius 2 is 2.16 bits per heavy atom. The number of rotatable bonds is 5. The number of para-hydroxylation sites is 2. The highest BCUT2D eigenvalue weighted by molar-refractivity contribution is 7.07. The molecule has 1 N–H and O–H groups in total. The third kappa shape index (κ3) is 2.52. The molecule has 3 aromatic rings.